The van der Waals surface area contributed by atoms with Crippen LogP contribution >= 0.6 is 11.8 Å². The normalized spacial score (nSPS) is 10.6. The van der Waals surface area contributed by atoms with Gasteiger partial charge < -0.3 is 14.5 Å². The van der Waals surface area contributed by atoms with E-state index >= 15 is 0 Å². The molecule has 1 amide bonds. The molecule has 0 saturated carbocycles. The Morgan fingerprint density at radius 2 is 1.81 bits per heavy atom. The van der Waals surface area contributed by atoms with Crippen LogP contribution in [0.3, 0.4) is 0 Å². The molecule has 0 radical (unpaired) electrons. The molecule has 0 aliphatic rings. The molecule has 6 heteroatoms. The summed E-state index contributed by atoms with van der Waals surface area (Å²) in [4.78, 5) is 18.4. The van der Waals surface area contributed by atoms with Gasteiger partial charge in [0.2, 0.25) is 5.89 Å². The Hall–Kier alpha value is -3.51. The Bertz CT molecular complexity index is 1170. The van der Waals surface area contributed by atoms with Crippen molar-refractivity contribution in [2.45, 2.75) is 17.6 Å². The highest BCUT2D eigenvalue weighted by Gasteiger charge is 2.13. The molecule has 0 unspecified atom stereocenters. The van der Waals surface area contributed by atoms with E-state index in [4.69, 9.17) is 9.15 Å². The Morgan fingerprint density at radius 1 is 1.03 bits per heavy atom. The summed E-state index contributed by atoms with van der Waals surface area (Å²) in [5.41, 5.74) is 2.98. The van der Waals surface area contributed by atoms with Crippen molar-refractivity contribution in [1.82, 2.24) is 4.98 Å². The SMILES string of the molecule is COc1cccc(NC(=O)c2ccc(-c3nc(CSc4ccccc4)c(C)o3)cc2)c1. The predicted octanol–water partition coefficient (Wildman–Crippen LogP) is 6.20. The number of aryl methyl sites for hydroxylation is 1. The zero-order chi connectivity index (χ0) is 21.6. The van der Waals surface area contributed by atoms with Crippen LogP contribution in [0.1, 0.15) is 21.8 Å². The van der Waals surface area contributed by atoms with E-state index in [2.05, 4.69) is 22.4 Å². The first-order chi connectivity index (χ1) is 15.1. The van der Waals surface area contributed by atoms with Crippen LogP contribution in [0, 0.1) is 6.92 Å². The molecule has 1 heterocycles. The Kier molecular flexibility index (Phi) is 6.38. The van der Waals surface area contributed by atoms with Crippen molar-refractivity contribution in [1.29, 1.82) is 0 Å². The number of hydrogen-bond donors (Lipinski definition) is 1. The second kappa shape index (κ2) is 9.53. The van der Waals surface area contributed by atoms with Crippen LogP contribution in [-0.4, -0.2) is 18.0 Å². The Morgan fingerprint density at radius 3 is 2.55 bits per heavy atom. The minimum Gasteiger partial charge on any atom is -0.497 e. The number of rotatable bonds is 7. The van der Waals surface area contributed by atoms with Gasteiger partial charge in [-0.25, -0.2) is 4.98 Å². The minimum atomic E-state index is -0.191. The van der Waals surface area contributed by atoms with Crippen molar-refractivity contribution in [3.63, 3.8) is 0 Å². The number of methoxy groups -OCH3 is 1. The van der Waals surface area contributed by atoms with Crippen molar-refractivity contribution in [3.8, 4) is 17.2 Å². The van der Waals surface area contributed by atoms with E-state index in [-0.39, 0.29) is 5.91 Å². The summed E-state index contributed by atoms with van der Waals surface area (Å²) < 4.78 is 11.1. The number of benzene rings is 3. The van der Waals surface area contributed by atoms with Gasteiger partial charge in [-0.3, -0.25) is 4.79 Å². The van der Waals surface area contributed by atoms with Crippen LogP contribution in [0.4, 0.5) is 5.69 Å². The van der Waals surface area contributed by atoms with E-state index in [9.17, 15) is 4.79 Å². The number of oxazole rings is 1. The smallest absolute Gasteiger partial charge is 0.255 e. The van der Waals surface area contributed by atoms with Gasteiger partial charge in [-0.15, -0.1) is 11.8 Å². The first-order valence-electron chi connectivity index (χ1n) is 9.82. The van der Waals surface area contributed by atoms with Gasteiger partial charge in [0.15, 0.2) is 0 Å². The maximum absolute atomic E-state index is 12.5. The number of amides is 1. The highest BCUT2D eigenvalue weighted by Crippen LogP contribution is 2.28. The van der Waals surface area contributed by atoms with Crippen molar-refractivity contribution in [2.75, 3.05) is 12.4 Å². The first kappa shape index (κ1) is 20.8. The van der Waals surface area contributed by atoms with Gasteiger partial charge in [0.1, 0.15) is 11.5 Å². The lowest BCUT2D eigenvalue weighted by Crippen LogP contribution is -2.11. The second-order valence-electron chi connectivity index (χ2n) is 6.89. The molecule has 0 spiro atoms. The summed E-state index contributed by atoms with van der Waals surface area (Å²) in [6, 6.07) is 24.7. The standard InChI is InChI=1S/C25H22N2O3S/c1-17-23(16-31-22-9-4-3-5-10-22)27-25(30-17)19-13-11-18(12-14-19)24(28)26-20-7-6-8-21(15-20)29-2/h3-15H,16H2,1-2H3,(H,26,28). The quantitative estimate of drug-likeness (QED) is 0.354. The summed E-state index contributed by atoms with van der Waals surface area (Å²) in [6.07, 6.45) is 0. The van der Waals surface area contributed by atoms with Crippen molar-refractivity contribution in [3.05, 3.63) is 95.9 Å². The number of ether oxygens (including phenoxy) is 1. The molecular formula is C25H22N2O3S. The lowest BCUT2D eigenvalue weighted by molar-refractivity contribution is 0.102. The molecule has 1 aromatic heterocycles. The van der Waals surface area contributed by atoms with Gasteiger partial charge in [-0.05, 0) is 55.5 Å². The van der Waals surface area contributed by atoms with E-state index < -0.39 is 0 Å². The lowest BCUT2D eigenvalue weighted by Gasteiger charge is -2.07. The highest BCUT2D eigenvalue weighted by molar-refractivity contribution is 7.98. The molecule has 4 rings (SSSR count). The van der Waals surface area contributed by atoms with Crippen LogP contribution in [0.25, 0.3) is 11.5 Å². The summed E-state index contributed by atoms with van der Waals surface area (Å²) in [5, 5.41) is 2.88. The topological polar surface area (TPSA) is 64.4 Å². The molecule has 0 aliphatic heterocycles. The number of carbonyl (C=O) groups excluding carboxylic acids is 1. The van der Waals surface area contributed by atoms with Crippen molar-refractivity contribution < 1.29 is 13.9 Å². The van der Waals surface area contributed by atoms with Crippen LogP contribution in [0.2, 0.25) is 0 Å². The third-order valence-electron chi connectivity index (χ3n) is 4.73. The largest absolute Gasteiger partial charge is 0.497 e. The molecule has 31 heavy (non-hydrogen) atoms. The van der Waals surface area contributed by atoms with Gasteiger partial charge in [0, 0.05) is 33.5 Å². The predicted molar refractivity (Wildman–Crippen MR) is 124 cm³/mol. The molecule has 0 aliphatic carbocycles. The van der Waals surface area contributed by atoms with Gasteiger partial charge in [0.05, 0.1) is 12.8 Å². The number of nitrogens with one attached hydrogen (secondary N) is 1. The Balaban J connectivity index is 1.43. The maximum atomic E-state index is 12.5. The first-order valence-corrected chi connectivity index (χ1v) is 10.8. The number of carbonyl (C=O) groups is 1. The van der Waals surface area contributed by atoms with Crippen molar-refractivity contribution >= 4 is 23.4 Å². The van der Waals surface area contributed by atoms with Gasteiger partial charge in [-0.1, -0.05) is 24.3 Å². The zero-order valence-corrected chi connectivity index (χ0v) is 18.1. The monoisotopic (exact) mass is 430 g/mol. The second-order valence-corrected chi connectivity index (χ2v) is 7.94. The molecule has 0 bridgehead atoms. The van der Waals surface area contributed by atoms with E-state index in [1.807, 2.05) is 55.5 Å². The minimum absolute atomic E-state index is 0.191. The molecule has 4 aromatic rings. The van der Waals surface area contributed by atoms with E-state index in [0.717, 1.165) is 22.8 Å². The summed E-state index contributed by atoms with van der Waals surface area (Å²) >= 11 is 1.72. The van der Waals surface area contributed by atoms with Crippen LogP contribution in [-0.2, 0) is 5.75 Å². The Labute approximate surface area is 185 Å². The number of anilines is 1. The van der Waals surface area contributed by atoms with Crippen LogP contribution in [0.15, 0.2) is 88.2 Å². The average Bonchev–Trinajstić information content (AvgIpc) is 3.19. The maximum Gasteiger partial charge on any atom is 0.255 e. The average molecular weight is 431 g/mol. The molecule has 1 N–H and O–H groups in total. The summed E-state index contributed by atoms with van der Waals surface area (Å²) in [5.74, 6) is 2.59. The fourth-order valence-electron chi connectivity index (χ4n) is 3.02. The summed E-state index contributed by atoms with van der Waals surface area (Å²) in [7, 11) is 1.59. The molecule has 156 valence electrons. The van der Waals surface area contributed by atoms with Gasteiger partial charge in [-0.2, -0.15) is 0 Å². The molecule has 5 nitrogen and oxygen atoms in total. The van der Waals surface area contributed by atoms with E-state index in [0.29, 0.717) is 22.9 Å². The number of hydrogen-bond acceptors (Lipinski definition) is 5. The highest BCUT2D eigenvalue weighted by atomic mass is 32.2. The molecule has 3 aromatic carbocycles. The van der Waals surface area contributed by atoms with Gasteiger partial charge in [0.25, 0.3) is 5.91 Å². The molecule has 0 atom stereocenters. The fourth-order valence-corrected chi connectivity index (χ4v) is 3.94. The van der Waals surface area contributed by atoms with E-state index in [1.165, 1.54) is 4.90 Å². The number of thioether (sulfide) groups is 1. The number of nitrogens with zero attached hydrogens (tertiary/aromatic N) is 1. The zero-order valence-electron chi connectivity index (χ0n) is 17.3. The van der Waals surface area contributed by atoms with E-state index in [1.54, 1.807) is 37.1 Å². The van der Waals surface area contributed by atoms with Crippen LogP contribution in [0.5, 0.6) is 5.75 Å². The molecule has 0 fully saturated rings. The third kappa shape index (κ3) is 5.16. The lowest BCUT2D eigenvalue weighted by atomic mass is 10.1. The van der Waals surface area contributed by atoms with Crippen LogP contribution < -0.4 is 10.1 Å². The molecule has 0 saturated heterocycles. The molecular weight excluding hydrogens is 408 g/mol. The summed E-state index contributed by atoms with van der Waals surface area (Å²) in [6.45, 7) is 1.92. The van der Waals surface area contributed by atoms with Crippen molar-refractivity contribution in [2.24, 2.45) is 0 Å². The van der Waals surface area contributed by atoms with Gasteiger partial charge >= 0.3 is 0 Å². The number of aromatic nitrogens is 1. The fraction of sp³-hybridized carbons (Fsp3) is 0.120. The third-order valence-corrected chi connectivity index (χ3v) is 5.76.